The van der Waals surface area contributed by atoms with Crippen LogP contribution < -0.4 is 4.72 Å². The zero-order chi connectivity index (χ0) is 19.3. The molecule has 2 aromatic rings. The van der Waals surface area contributed by atoms with Crippen LogP contribution in [0.25, 0.3) is 0 Å². The van der Waals surface area contributed by atoms with Crippen molar-refractivity contribution in [1.29, 1.82) is 0 Å². The number of carbonyl (C=O) groups excluding carboxylic acids is 1. The molecule has 2 aromatic carbocycles. The van der Waals surface area contributed by atoms with Crippen molar-refractivity contribution in [3.05, 3.63) is 64.2 Å². The van der Waals surface area contributed by atoms with Gasteiger partial charge in [0.05, 0.1) is 11.4 Å². The highest BCUT2D eigenvalue weighted by Gasteiger charge is 2.16. The molecule has 26 heavy (non-hydrogen) atoms. The lowest BCUT2D eigenvalue weighted by atomic mass is 10.1. The molecule has 0 saturated carbocycles. The van der Waals surface area contributed by atoms with Crippen LogP contribution in [0.2, 0.25) is 5.02 Å². The van der Waals surface area contributed by atoms with E-state index in [1.165, 1.54) is 11.0 Å². The van der Waals surface area contributed by atoms with Gasteiger partial charge in [-0.25, -0.2) is 8.42 Å². The van der Waals surface area contributed by atoms with Crippen molar-refractivity contribution in [2.24, 2.45) is 0 Å². The van der Waals surface area contributed by atoms with Gasteiger partial charge in [-0.05, 0) is 48.9 Å². The molecule has 136 valence electrons. The molecule has 0 unspecified atom stereocenters. The number of amides is 1. The topological polar surface area (TPSA) is 66.5 Å². The second-order valence-corrected chi connectivity index (χ2v) is 7.91. The molecule has 0 bridgehead atoms. The summed E-state index contributed by atoms with van der Waals surface area (Å²) in [6.07, 6.45) is 0. The fourth-order valence-corrected chi connectivity index (χ4v) is 3.61. The highest BCUT2D eigenvalue weighted by atomic mass is 35.5. The summed E-state index contributed by atoms with van der Waals surface area (Å²) < 4.78 is 27.1. The minimum atomic E-state index is -3.68. The van der Waals surface area contributed by atoms with Gasteiger partial charge in [-0.2, -0.15) is 4.72 Å². The van der Waals surface area contributed by atoms with E-state index in [1.54, 1.807) is 57.4 Å². The van der Waals surface area contributed by atoms with Crippen LogP contribution in [-0.4, -0.2) is 39.9 Å². The maximum atomic E-state index is 12.3. The molecule has 0 aliphatic carbocycles. The van der Waals surface area contributed by atoms with Gasteiger partial charge in [0.15, 0.2) is 0 Å². The van der Waals surface area contributed by atoms with Crippen LogP contribution in [0.3, 0.4) is 0 Å². The van der Waals surface area contributed by atoms with E-state index in [0.29, 0.717) is 21.7 Å². The summed E-state index contributed by atoms with van der Waals surface area (Å²) in [5.41, 5.74) is 1.76. The predicted octanol–water partition coefficient (Wildman–Crippen LogP) is 2.68. The number of sulfonamides is 1. The molecule has 0 radical (unpaired) electrons. The quantitative estimate of drug-likeness (QED) is 0.816. The molecule has 0 spiro atoms. The summed E-state index contributed by atoms with van der Waals surface area (Å²) >= 11 is 5.97. The molecule has 0 heterocycles. The molecular weight excluding hydrogens is 372 g/mol. The zero-order valence-corrected chi connectivity index (χ0v) is 16.3. The molecule has 1 amide bonds. The molecule has 0 saturated heterocycles. The van der Waals surface area contributed by atoms with Crippen molar-refractivity contribution >= 4 is 27.5 Å². The minimum absolute atomic E-state index is 0.0351. The average molecular weight is 391 g/mol. The Morgan fingerprint density at radius 3 is 2.42 bits per heavy atom. The molecule has 0 aliphatic heterocycles. The standard InChI is InChI=1S/C19H19ClN2O3S/c1-14-17(20)7-4-8-18(14)26(24,25)21-13-5-6-15-9-11-16(12-10-15)19(23)22(2)3/h4,7-12,21H,13H2,1-3H3. The second-order valence-electron chi connectivity index (χ2n) is 5.77. The van der Waals surface area contributed by atoms with Crippen LogP contribution in [0.4, 0.5) is 0 Å². The number of rotatable bonds is 4. The first-order valence-electron chi connectivity index (χ1n) is 7.78. The predicted molar refractivity (Wildman–Crippen MR) is 103 cm³/mol. The third kappa shape index (κ3) is 4.85. The highest BCUT2D eigenvalue weighted by Crippen LogP contribution is 2.22. The zero-order valence-electron chi connectivity index (χ0n) is 14.7. The third-order valence-corrected chi connectivity index (χ3v) is 5.58. The largest absolute Gasteiger partial charge is 0.345 e. The van der Waals surface area contributed by atoms with E-state index >= 15 is 0 Å². The van der Waals surface area contributed by atoms with Crippen LogP contribution >= 0.6 is 11.6 Å². The Morgan fingerprint density at radius 1 is 1.15 bits per heavy atom. The van der Waals surface area contributed by atoms with Crippen LogP contribution in [0.5, 0.6) is 0 Å². The maximum absolute atomic E-state index is 12.3. The Bertz CT molecular complexity index is 972. The molecule has 0 atom stereocenters. The Labute approximate surface area is 159 Å². The van der Waals surface area contributed by atoms with Gasteiger partial charge in [0.25, 0.3) is 5.91 Å². The monoisotopic (exact) mass is 390 g/mol. The number of carbonyl (C=O) groups is 1. The summed E-state index contributed by atoms with van der Waals surface area (Å²) in [6.45, 7) is 1.62. The van der Waals surface area contributed by atoms with Gasteiger partial charge in [-0.1, -0.05) is 29.5 Å². The van der Waals surface area contributed by atoms with Crippen LogP contribution in [0.15, 0.2) is 47.4 Å². The minimum Gasteiger partial charge on any atom is -0.345 e. The normalized spacial score (nSPS) is 10.8. The summed E-state index contributed by atoms with van der Waals surface area (Å²) in [5.74, 6) is 5.54. The molecule has 2 rings (SSSR count). The SMILES string of the molecule is Cc1c(Cl)cccc1S(=O)(=O)NCC#Cc1ccc(C(=O)N(C)C)cc1. The van der Waals surface area contributed by atoms with E-state index < -0.39 is 10.0 Å². The number of nitrogens with one attached hydrogen (secondary N) is 1. The van der Waals surface area contributed by atoms with Crippen molar-refractivity contribution in [3.63, 3.8) is 0 Å². The molecule has 1 N–H and O–H groups in total. The summed E-state index contributed by atoms with van der Waals surface area (Å²) in [6, 6.07) is 11.5. The maximum Gasteiger partial charge on any atom is 0.253 e. The van der Waals surface area contributed by atoms with Crippen LogP contribution in [0, 0.1) is 18.8 Å². The molecule has 5 nitrogen and oxygen atoms in total. The van der Waals surface area contributed by atoms with Gasteiger partial charge in [-0.15, -0.1) is 0 Å². The fourth-order valence-electron chi connectivity index (χ4n) is 2.19. The van der Waals surface area contributed by atoms with E-state index in [1.807, 2.05) is 0 Å². The van der Waals surface area contributed by atoms with Crippen molar-refractivity contribution in [2.75, 3.05) is 20.6 Å². The number of benzene rings is 2. The van der Waals surface area contributed by atoms with Gasteiger partial charge >= 0.3 is 0 Å². The van der Waals surface area contributed by atoms with Crippen molar-refractivity contribution in [3.8, 4) is 11.8 Å². The first-order chi connectivity index (χ1) is 12.2. The Morgan fingerprint density at radius 2 is 1.81 bits per heavy atom. The van der Waals surface area contributed by atoms with Crippen LogP contribution in [-0.2, 0) is 10.0 Å². The highest BCUT2D eigenvalue weighted by molar-refractivity contribution is 7.89. The van der Waals surface area contributed by atoms with E-state index in [2.05, 4.69) is 16.6 Å². The van der Waals surface area contributed by atoms with Crippen LogP contribution in [0.1, 0.15) is 21.5 Å². The second kappa shape index (κ2) is 8.37. The lowest BCUT2D eigenvalue weighted by molar-refractivity contribution is 0.0827. The fraction of sp³-hybridized carbons (Fsp3) is 0.211. The molecule has 0 aromatic heterocycles. The molecule has 0 fully saturated rings. The lowest BCUT2D eigenvalue weighted by Crippen LogP contribution is -2.24. The van der Waals surface area contributed by atoms with Gasteiger partial charge in [0.1, 0.15) is 0 Å². The number of hydrogen-bond donors (Lipinski definition) is 1. The van der Waals surface area contributed by atoms with Gasteiger partial charge in [0, 0.05) is 30.2 Å². The van der Waals surface area contributed by atoms with Gasteiger partial charge < -0.3 is 4.90 Å². The van der Waals surface area contributed by atoms with Gasteiger partial charge in [0.2, 0.25) is 10.0 Å². The Kier molecular flexibility index (Phi) is 6.43. The number of halogens is 1. The van der Waals surface area contributed by atoms with Crippen molar-refractivity contribution < 1.29 is 13.2 Å². The van der Waals surface area contributed by atoms with Crippen molar-refractivity contribution in [2.45, 2.75) is 11.8 Å². The summed E-state index contributed by atoms with van der Waals surface area (Å²) in [5, 5.41) is 0.395. The number of hydrogen-bond acceptors (Lipinski definition) is 3. The van der Waals surface area contributed by atoms with E-state index in [4.69, 9.17) is 11.6 Å². The van der Waals surface area contributed by atoms with Crippen molar-refractivity contribution in [1.82, 2.24) is 9.62 Å². The summed E-state index contributed by atoms with van der Waals surface area (Å²) in [7, 11) is -0.314. The van der Waals surface area contributed by atoms with Gasteiger partial charge in [-0.3, -0.25) is 4.79 Å². The smallest absolute Gasteiger partial charge is 0.253 e. The number of nitrogens with zero attached hydrogens (tertiary/aromatic N) is 1. The van der Waals surface area contributed by atoms with E-state index in [0.717, 1.165) is 0 Å². The first-order valence-corrected chi connectivity index (χ1v) is 9.64. The third-order valence-electron chi connectivity index (χ3n) is 3.63. The summed E-state index contributed by atoms with van der Waals surface area (Å²) in [4.78, 5) is 13.4. The average Bonchev–Trinajstić information content (AvgIpc) is 2.60. The van der Waals surface area contributed by atoms with E-state index in [-0.39, 0.29) is 17.3 Å². The Balaban J connectivity index is 2.04. The molecular formula is C19H19ClN2O3S. The Hall–Kier alpha value is -2.33. The van der Waals surface area contributed by atoms with E-state index in [9.17, 15) is 13.2 Å². The molecule has 0 aliphatic rings. The lowest BCUT2D eigenvalue weighted by Gasteiger charge is -2.09. The molecule has 7 heteroatoms. The first kappa shape index (κ1) is 20.0.